The minimum atomic E-state index is -0.140. The first-order valence-electron chi connectivity index (χ1n) is 7.97. The summed E-state index contributed by atoms with van der Waals surface area (Å²) in [6.45, 7) is 0. The highest BCUT2D eigenvalue weighted by Crippen LogP contribution is 2.27. The number of ketones is 1. The topological polar surface area (TPSA) is 29.1 Å². The van der Waals surface area contributed by atoms with Gasteiger partial charge in [0.15, 0.2) is 5.78 Å². The Balaban J connectivity index is 1.86. The zero-order chi connectivity index (χ0) is 17.6. The van der Waals surface area contributed by atoms with Crippen molar-refractivity contribution in [3.8, 4) is 0 Å². The zero-order valence-electron chi connectivity index (χ0n) is 13.5. The van der Waals surface area contributed by atoms with Gasteiger partial charge in [-0.15, -0.1) is 0 Å². The van der Waals surface area contributed by atoms with Crippen LogP contribution in [0.25, 0.3) is 0 Å². The second kappa shape index (κ2) is 8.32. The van der Waals surface area contributed by atoms with E-state index in [1.165, 1.54) is 0 Å². The van der Waals surface area contributed by atoms with Gasteiger partial charge in [0.2, 0.25) is 0 Å². The number of hydrogen-bond acceptors (Lipinski definition) is 2. The molecule has 0 saturated carbocycles. The molecule has 25 heavy (non-hydrogen) atoms. The SMILES string of the molecule is O=C(C[C@H](Nc1cccc(Cl)c1)c1ccc(Br)cc1)c1ccccc1. The Kier molecular flexibility index (Phi) is 5.90. The minimum Gasteiger partial charge on any atom is -0.378 e. The molecule has 0 aliphatic heterocycles. The van der Waals surface area contributed by atoms with Gasteiger partial charge in [0.05, 0.1) is 6.04 Å². The van der Waals surface area contributed by atoms with Crippen LogP contribution in [0.15, 0.2) is 83.3 Å². The first-order chi connectivity index (χ1) is 12.1. The molecule has 3 rings (SSSR count). The molecule has 0 radical (unpaired) electrons. The lowest BCUT2D eigenvalue weighted by molar-refractivity contribution is 0.0976. The molecular formula is C21H17BrClNO. The molecule has 3 aromatic rings. The van der Waals surface area contributed by atoms with Crippen LogP contribution in [0.5, 0.6) is 0 Å². The molecular weight excluding hydrogens is 398 g/mol. The maximum Gasteiger partial charge on any atom is 0.165 e. The van der Waals surface area contributed by atoms with E-state index in [1.807, 2.05) is 78.9 Å². The number of rotatable bonds is 6. The van der Waals surface area contributed by atoms with Crippen molar-refractivity contribution in [1.29, 1.82) is 0 Å². The number of nitrogens with one attached hydrogen (secondary N) is 1. The molecule has 0 aliphatic rings. The third-order valence-electron chi connectivity index (χ3n) is 3.92. The van der Waals surface area contributed by atoms with Gasteiger partial charge in [-0.25, -0.2) is 0 Å². The molecule has 0 amide bonds. The van der Waals surface area contributed by atoms with Gasteiger partial charge in [0.1, 0.15) is 0 Å². The minimum absolute atomic E-state index is 0.100. The van der Waals surface area contributed by atoms with E-state index < -0.39 is 0 Å². The molecule has 0 bridgehead atoms. The quantitative estimate of drug-likeness (QED) is 0.465. The Hall–Kier alpha value is -2.10. The zero-order valence-corrected chi connectivity index (χ0v) is 15.8. The first-order valence-corrected chi connectivity index (χ1v) is 9.15. The van der Waals surface area contributed by atoms with Crippen molar-refractivity contribution < 1.29 is 4.79 Å². The number of hydrogen-bond donors (Lipinski definition) is 1. The van der Waals surface area contributed by atoms with E-state index in [-0.39, 0.29) is 11.8 Å². The number of benzene rings is 3. The van der Waals surface area contributed by atoms with Crippen LogP contribution >= 0.6 is 27.5 Å². The molecule has 0 unspecified atom stereocenters. The fourth-order valence-electron chi connectivity index (χ4n) is 2.65. The normalized spacial score (nSPS) is 11.8. The molecule has 0 fully saturated rings. The molecule has 1 N–H and O–H groups in total. The average Bonchev–Trinajstić information content (AvgIpc) is 2.62. The van der Waals surface area contributed by atoms with E-state index in [0.717, 1.165) is 21.3 Å². The molecule has 1 atom stereocenters. The summed E-state index contributed by atoms with van der Waals surface area (Å²) in [5, 5.41) is 4.10. The highest BCUT2D eigenvalue weighted by Gasteiger charge is 2.17. The van der Waals surface area contributed by atoms with Crippen LogP contribution in [0.2, 0.25) is 5.02 Å². The van der Waals surface area contributed by atoms with Crippen LogP contribution in [0.3, 0.4) is 0 Å². The average molecular weight is 415 g/mol. The third kappa shape index (κ3) is 4.94. The highest BCUT2D eigenvalue weighted by atomic mass is 79.9. The second-order valence-electron chi connectivity index (χ2n) is 5.75. The van der Waals surface area contributed by atoms with Crippen LogP contribution in [-0.4, -0.2) is 5.78 Å². The fourth-order valence-corrected chi connectivity index (χ4v) is 3.11. The number of anilines is 1. The number of carbonyl (C=O) groups is 1. The summed E-state index contributed by atoms with van der Waals surface area (Å²) in [6, 6.07) is 24.8. The monoisotopic (exact) mass is 413 g/mol. The van der Waals surface area contributed by atoms with E-state index in [2.05, 4.69) is 21.2 Å². The van der Waals surface area contributed by atoms with E-state index in [4.69, 9.17) is 11.6 Å². The predicted molar refractivity (Wildman–Crippen MR) is 107 cm³/mol. The summed E-state index contributed by atoms with van der Waals surface area (Å²) in [5.41, 5.74) is 2.66. The van der Waals surface area contributed by atoms with Gasteiger partial charge in [0.25, 0.3) is 0 Å². The maximum absolute atomic E-state index is 12.7. The Bertz CT molecular complexity index is 849. The van der Waals surface area contributed by atoms with Gasteiger partial charge in [0, 0.05) is 27.2 Å². The summed E-state index contributed by atoms with van der Waals surface area (Å²) < 4.78 is 1.01. The summed E-state index contributed by atoms with van der Waals surface area (Å²) >= 11 is 9.54. The van der Waals surface area contributed by atoms with Crippen molar-refractivity contribution in [1.82, 2.24) is 0 Å². The molecule has 3 aromatic carbocycles. The maximum atomic E-state index is 12.7. The van der Waals surface area contributed by atoms with E-state index in [0.29, 0.717) is 11.4 Å². The predicted octanol–water partition coefficient (Wildman–Crippen LogP) is 6.53. The van der Waals surface area contributed by atoms with Gasteiger partial charge >= 0.3 is 0 Å². The number of halogens is 2. The van der Waals surface area contributed by atoms with Crippen molar-refractivity contribution in [3.63, 3.8) is 0 Å². The van der Waals surface area contributed by atoms with Crippen molar-refractivity contribution in [2.24, 2.45) is 0 Å². The Morgan fingerprint density at radius 1 is 0.960 bits per heavy atom. The lowest BCUT2D eigenvalue weighted by Gasteiger charge is -2.20. The molecule has 4 heteroatoms. The molecule has 0 heterocycles. The lowest BCUT2D eigenvalue weighted by atomic mass is 9.97. The van der Waals surface area contributed by atoms with E-state index >= 15 is 0 Å². The van der Waals surface area contributed by atoms with Crippen molar-refractivity contribution in [2.75, 3.05) is 5.32 Å². The van der Waals surface area contributed by atoms with Gasteiger partial charge in [-0.1, -0.05) is 76.1 Å². The molecule has 2 nitrogen and oxygen atoms in total. The molecule has 0 saturated heterocycles. The first kappa shape index (κ1) is 17.7. The lowest BCUT2D eigenvalue weighted by Crippen LogP contribution is -2.15. The fraction of sp³-hybridized carbons (Fsp3) is 0.0952. The smallest absolute Gasteiger partial charge is 0.165 e. The van der Waals surface area contributed by atoms with Crippen molar-refractivity contribution in [3.05, 3.63) is 99.5 Å². The summed E-state index contributed by atoms with van der Waals surface area (Å²) in [6.07, 6.45) is 0.359. The van der Waals surface area contributed by atoms with Crippen molar-refractivity contribution in [2.45, 2.75) is 12.5 Å². The van der Waals surface area contributed by atoms with Crippen LogP contribution < -0.4 is 5.32 Å². The Labute approximate surface area is 161 Å². The Morgan fingerprint density at radius 3 is 2.36 bits per heavy atom. The molecule has 0 aromatic heterocycles. The highest BCUT2D eigenvalue weighted by molar-refractivity contribution is 9.10. The Morgan fingerprint density at radius 2 is 1.68 bits per heavy atom. The van der Waals surface area contributed by atoms with Gasteiger partial charge in [-0.2, -0.15) is 0 Å². The van der Waals surface area contributed by atoms with Crippen LogP contribution in [0.1, 0.15) is 28.4 Å². The van der Waals surface area contributed by atoms with Gasteiger partial charge in [-0.05, 0) is 35.9 Å². The van der Waals surface area contributed by atoms with Crippen LogP contribution in [0.4, 0.5) is 5.69 Å². The number of Topliss-reactive ketones (excluding diaryl/α,β-unsaturated/α-hetero) is 1. The summed E-state index contributed by atoms with van der Waals surface area (Å²) in [7, 11) is 0. The summed E-state index contributed by atoms with van der Waals surface area (Å²) in [4.78, 5) is 12.7. The van der Waals surface area contributed by atoms with Crippen molar-refractivity contribution >= 4 is 39.0 Å². The third-order valence-corrected chi connectivity index (χ3v) is 4.69. The molecule has 126 valence electrons. The molecule has 0 spiro atoms. The second-order valence-corrected chi connectivity index (χ2v) is 7.10. The standard InChI is InChI=1S/C21H17BrClNO/c22-17-11-9-15(10-12-17)20(24-19-8-4-7-18(23)13-19)14-21(25)16-5-2-1-3-6-16/h1-13,20,24H,14H2/t20-/m0/s1. The van der Waals surface area contributed by atoms with E-state index in [9.17, 15) is 4.79 Å². The molecule has 0 aliphatic carbocycles. The number of carbonyl (C=O) groups excluding carboxylic acids is 1. The van der Waals surface area contributed by atoms with Crippen LogP contribution in [-0.2, 0) is 0 Å². The summed E-state index contributed by atoms with van der Waals surface area (Å²) in [5.74, 6) is 0.100. The van der Waals surface area contributed by atoms with E-state index in [1.54, 1.807) is 0 Å². The van der Waals surface area contributed by atoms with Gasteiger partial charge in [-0.3, -0.25) is 4.79 Å². The van der Waals surface area contributed by atoms with Gasteiger partial charge < -0.3 is 5.32 Å². The largest absolute Gasteiger partial charge is 0.378 e. The van der Waals surface area contributed by atoms with Crippen LogP contribution in [0, 0.1) is 0 Å².